The van der Waals surface area contributed by atoms with Gasteiger partial charge in [0, 0.05) is 16.7 Å². The van der Waals surface area contributed by atoms with Crippen LogP contribution in [0.25, 0.3) is 84.0 Å². The van der Waals surface area contributed by atoms with Crippen LogP contribution < -0.4 is 0 Å². The third kappa shape index (κ3) is 5.71. The number of aromatic nitrogens is 2. The zero-order chi connectivity index (χ0) is 40.3. The fraction of sp³-hybridized carbons (Fsp3) is 0.0508. The van der Waals surface area contributed by atoms with Crippen molar-refractivity contribution in [1.82, 2.24) is 9.97 Å². The number of rotatable bonds is 6. The summed E-state index contributed by atoms with van der Waals surface area (Å²) in [5.74, 6) is 0.715. The van der Waals surface area contributed by atoms with Crippen molar-refractivity contribution in [3.63, 3.8) is 0 Å². The lowest BCUT2D eigenvalue weighted by molar-refractivity contribution is 0.794. The molecule has 0 saturated carbocycles. The minimum absolute atomic E-state index is 0.393. The van der Waals surface area contributed by atoms with Crippen molar-refractivity contribution in [2.24, 2.45) is 0 Å². The molecule has 0 aliphatic heterocycles. The van der Waals surface area contributed by atoms with E-state index in [4.69, 9.17) is 9.97 Å². The molecule has 0 saturated heterocycles. The molecule has 0 radical (unpaired) electrons. The third-order valence-electron chi connectivity index (χ3n) is 13.0. The van der Waals surface area contributed by atoms with Crippen LogP contribution >= 0.6 is 0 Å². The van der Waals surface area contributed by atoms with E-state index in [1.807, 2.05) is 0 Å². The first-order chi connectivity index (χ1) is 30.2. The van der Waals surface area contributed by atoms with Gasteiger partial charge in [0.1, 0.15) is 0 Å². The van der Waals surface area contributed by atoms with E-state index in [0.717, 1.165) is 52.0 Å². The standard InChI is InChI=1S/C59H40N2/c1-3-16-39(17-4-1)41-20-13-23-45(34-41)56-38-57(61-58(60-56)47-25-15-21-42(36-47)40-18-5-2-6-19-40)46-24-14-22-43(35-46)44-32-33-51-50-28-9-12-31-54(50)59(55(51)37-44)52-29-10-7-26-48(52)49-27-8-11-30-53(49)59/h1-5,7-18,20-38H,6,19H2. The van der Waals surface area contributed by atoms with Crippen LogP contribution in [-0.4, -0.2) is 9.97 Å². The quantitative estimate of drug-likeness (QED) is 0.168. The number of allylic oxidation sites excluding steroid dienone is 4. The fourth-order valence-electron chi connectivity index (χ4n) is 10.2. The van der Waals surface area contributed by atoms with E-state index in [-0.39, 0.29) is 0 Å². The van der Waals surface area contributed by atoms with Crippen LogP contribution in [0.2, 0.25) is 0 Å². The van der Waals surface area contributed by atoms with E-state index in [2.05, 4.69) is 218 Å². The Hall–Kier alpha value is -7.68. The van der Waals surface area contributed by atoms with Crippen molar-refractivity contribution in [1.29, 1.82) is 0 Å². The summed E-state index contributed by atoms with van der Waals surface area (Å²) in [4.78, 5) is 10.6. The SMILES string of the molecule is C1=CCCC(c2cccc(-c3nc(-c4cccc(-c5ccccc5)c4)cc(-c4cccc(-c5ccc6c(c5)C5(c7ccccc7-c7ccccc75)c5ccccc5-6)c4)n3)c2)=C1. The number of hydrogen-bond donors (Lipinski definition) is 0. The molecule has 0 amide bonds. The molecule has 3 aliphatic rings. The van der Waals surface area contributed by atoms with Gasteiger partial charge in [-0.3, -0.25) is 0 Å². The zero-order valence-electron chi connectivity index (χ0n) is 33.6. The van der Waals surface area contributed by atoms with Crippen LogP contribution in [0.15, 0.2) is 218 Å². The summed E-state index contributed by atoms with van der Waals surface area (Å²) in [6, 6.07) is 73.2. The fourth-order valence-corrected chi connectivity index (χ4v) is 10.2. The largest absolute Gasteiger partial charge is 0.228 e. The summed E-state index contributed by atoms with van der Waals surface area (Å²) in [6.07, 6.45) is 8.71. The molecule has 8 aromatic carbocycles. The van der Waals surface area contributed by atoms with Gasteiger partial charge in [-0.2, -0.15) is 0 Å². The highest BCUT2D eigenvalue weighted by Crippen LogP contribution is 2.63. The Morgan fingerprint density at radius 1 is 0.344 bits per heavy atom. The summed E-state index contributed by atoms with van der Waals surface area (Å²) in [7, 11) is 0. The lowest BCUT2D eigenvalue weighted by Gasteiger charge is -2.30. The van der Waals surface area contributed by atoms with Gasteiger partial charge in [-0.15, -0.1) is 0 Å². The second-order valence-electron chi connectivity index (χ2n) is 16.4. The first-order valence-corrected chi connectivity index (χ1v) is 21.3. The zero-order valence-corrected chi connectivity index (χ0v) is 33.6. The van der Waals surface area contributed by atoms with Gasteiger partial charge >= 0.3 is 0 Å². The molecule has 1 spiro atoms. The average Bonchev–Trinajstić information content (AvgIpc) is 3.82. The van der Waals surface area contributed by atoms with Crippen molar-refractivity contribution in [2.45, 2.75) is 18.3 Å². The van der Waals surface area contributed by atoms with Gasteiger partial charge in [0.25, 0.3) is 0 Å². The van der Waals surface area contributed by atoms with E-state index in [1.165, 1.54) is 66.8 Å². The van der Waals surface area contributed by atoms with Crippen molar-refractivity contribution in [3.8, 4) is 78.4 Å². The summed E-state index contributed by atoms with van der Waals surface area (Å²) < 4.78 is 0. The van der Waals surface area contributed by atoms with Crippen LogP contribution in [0.3, 0.4) is 0 Å². The molecule has 0 unspecified atom stereocenters. The number of hydrogen-bond acceptors (Lipinski definition) is 2. The monoisotopic (exact) mass is 776 g/mol. The molecule has 1 heterocycles. The highest BCUT2D eigenvalue weighted by Gasteiger charge is 2.51. The predicted molar refractivity (Wildman–Crippen MR) is 252 cm³/mol. The summed E-state index contributed by atoms with van der Waals surface area (Å²) >= 11 is 0. The van der Waals surface area contributed by atoms with Crippen LogP contribution in [0.1, 0.15) is 40.7 Å². The second kappa shape index (κ2) is 14.3. The molecule has 3 aliphatic carbocycles. The minimum Gasteiger partial charge on any atom is -0.228 e. The highest BCUT2D eigenvalue weighted by molar-refractivity contribution is 5.96. The Morgan fingerprint density at radius 3 is 1.43 bits per heavy atom. The van der Waals surface area contributed by atoms with Gasteiger partial charge in [-0.1, -0.05) is 188 Å². The Kier molecular flexibility index (Phi) is 8.24. The highest BCUT2D eigenvalue weighted by atomic mass is 14.9. The van der Waals surface area contributed by atoms with Crippen LogP contribution in [0, 0.1) is 0 Å². The molecule has 0 bridgehead atoms. The van der Waals surface area contributed by atoms with Gasteiger partial charge < -0.3 is 0 Å². The molecule has 9 aromatic rings. The molecule has 12 rings (SSSR count). The van der Waals surface area contributed by atoms with Crippen LogP contribution in [0.4, 0.5) is 0 Å². The first kappa shape index (κ1) is 35.3. The smallest absolute Gasteiger partial charge is 0.160 e. The Balaban J connectivity index is 1.01. The lowest BCUT2D eigenvalue weighted by Crippen LogP contribution is -2.25. The topological polar surface area (TPSA) is 25.8 Å². The number of nitrogens with zero attached hydrogens (tertiary/aromatic N) is 2. The van der Waals surface area contributed by atoms with E-state index in [9.17, 15) is 0 Å². The molecule has 2 heteroatoms. The lowest BCUT2D eigenvalue weighted by atomic mass is 9.70. The maximum Gasteiger partial charge on any atom is 0.160 e. The first-order valence-electron chi connectivity index (χ1n) is 21.3. The Labute approximate surface area is 356 Å². The third-order valence-corrected chi connectivity index (χ3v) is 13.0. The Bertz CT molecular complexity index is 3200. The molecule has 1 aromatic heterocycles. The van der Waals surface area contributed by atoms with Crippen molar-refractivity contribution >= 4 is 5.57 Å². The maximum absolute atomic E-state index is 5.35. The average molecular weight is 777 g/mol. The molecule has 0 fully saturated rings. The van der Waals surface area contributed by atoms with E-state index < -0.39 is 5.41 Å². The molecule has 0 N–H and O–H groups in total. The van der Waals surface area contributed by atoms with Crippen LogP contribution in [0.5, 0.6) is 0 Å². The molecule has 286 valence electrons. The Morgan fingerprint density at radius 2 is 0.820 bits per heavy atom. The second-order valence-corrected chi connectivity index (χ2v) is 16.4. The van der Waals surface area contributed by atoms with Gasteiger partial charge in [0.15, 0.2) is 5.82 Å². The van der Waals surface area contributed by atoms with Crippen molar-refractivity contribution in [2.75, 3.05) is 0 Å². The van der Waals surface area contributed by atoms with Gasteiger partial charge in [-0.05, 0) is 121 Å². The molecular weight excluding hydrogens is 737 g/mol. The van der Waals surface area contributed by atoms with E-state index >= 15 is 0 Å². The van der Waals surface area contributed by atoms with Gasteiger partial charge in [-0.25, -0.2) is 9.97 Å². The van der Waals surface area contributed by atoms with Crippen LogP contribution in [-0.2, 0) is 5.41 Å². The molecule has 0 atom stereocenters. The van der Waals surface area contributed by atoms with E-state index in [0.29, 0.717) is 5.82 Å². The molecule has 2 nitrogen and oxygen atoms in total. The predicted octanol–water partition coefficient (Wildman–Crippen LogP) is 14.9. The molecular formula is C59H40N2. The molecule has 61 heavy (non-hydrogen) atoms. The number of fused-ring (bicyclic) bond motifs is 10. The number of benzene rings is 8. The summed E-state index contributed by atoms with van der Waals surface area (Å²) in [6.45, 7) is 0. The normalized spacial score (nSPS) is 13.9. The van der Waals surface area contributed by atoms with Crippen molar-refractivity contribution < 1.29 is 0 Å². The van der Waals surface area contributed by atoms with E-state index in [1.54, 1.807) is 0 Å². The van der Waals surface area contributed by atoms with Gasteiger partial charge in [0.05, 0.1) is 16.8 Å². The maximum atomic E-state index is 5.35. The van der Waals surface area contributed by atoms with Gasteiger partial charge in [0.2, 0.25) is 0 Å². The summed E-state index contributed by atoms with van der Waals surface area (Å²) in [5.41, 5.74) is 22.4. The summed E-state index contributed by atoms with van der Waals surface area (Å²) in [5, 5.41) is 0. The van der Waals surface area contributed by atoms with Crippen molar-refractivity contribution in [3.05, 3.63) is 246 Å². The minimum atomic E-state index is -0.393.